The number of H-pyrrole nitrogens is 1. The van der Waals surface area contributed by atoms with Gasteiger partial charge in [0, 0.05) is 37.4 Å². The van der Waals surface area contributed by atoms with E-state index in [9.17, 15) is 4.79 Å². The summed E-state index contributed by atoms with van der Waals surface area (Å²) >= 11 is 0. The SMILES string of the molecule is Cc1nc(C(C)(C)N2CCNCC2)[nH]c(=O)c1C. The molecule has 1 aliphatic heterocycles. The lowest BCUT2D eigenvalue weighted by molar-refractivity contribution is 0.0943. The van der Waals surface area contributed by atoms with Crippen LogP contribution in [0.25, 0.3) is 0 Å². The molecule has 0 atom stereocenters. The van der Waals surface area contributed by atoms with Gasteiger partial charge in [-0.3, -0.25) is 9.69 Å². The van der Waals surface area contributed by atoms with Crippen LogP contribution in [0.4, 0.5) is 0 Å². The number of rotatable bonds is 2. The van der Waals surface area contributed by atoms with Gasteiger partial charge in [0.2, 0.25) is 0 Å². The minimum atomic E-state index is -0.236. The normalized spacial score (nSPS) is 18.0. The molecule has 0 unspecified atom stereocenters. The maximum Gasteiger partial charge on any atom is 0.254 e. The van der Waals surface area contributed by atoms with E-state index in [0.29, 0.717) is 5.56 Å². The highest BCUT2D eigenvalue weighted by Crippen LogP contribution is 2.24. The van der Waals surface area contributed by atoms with Crippen LogP contribution in [0.2, 0.25) is 0 Å². The van der Waals surface area contributed by atoms with E-state index in [1.807, 2.05) is 13.8 Å². The molecule has 0 spiro atoms. The molecule has 1 saturated heterocycles. The van der Waals surface area contributed by atoms with Gasteiger partial charge in [0.05, 0.1) is 5.54 Å². The number of hydrogen-bond acceptors (Lipinski definition) is 4. The molecule has 0 amide bonds. The summed E-state index contributed by atoms with van der Waals surface area (Å²) in [5.74, 6) is 0.762. The number of aromatic nitrogens is 2. The second-order valence-corrected chi connectivity index (χ2v) is 5.42. The minimum absolute atomic E-state index is 0.0271. The molecular formula is C13H22N4O. The zero-order valence-corrected chi connectivity index (χ0v) is 11.6. The number of aromatic amines is 1. The predicted molar refractivity (Wildman–Crippen MR) is 71.8 cm³/mol. The Morgan fingerprint density at radius 3 is 2.39 bits per heavy atom. The molecule has 2 rings (SSSR count). The van der Waals surface area contributed by atoms with Crippen molar-refractivity contribution in [2.24, 2.45) is 0 Å². The van der Waals surface area contributed by atoms with E-state index >= 15 is 0 Å². The third kappa shape index (κ3) is 2.33. The summed E-state index contributed by atoms with van der Waals surface area (Å²) in [7, 11) is 0. The van der Waals surface area contributed by atoms with E-state index in [4.69, 9.17) is 0 Å². The highest BCUT2D eigenvalue weighted by molar-refractivity contribution is 5.17. The van der Waals surface area contributed by atoms with Crippen LogP contribution >= 0.6 is 0 Å². The van der Waals surface area contributed by atoms with Gasteiger partial charge in [-0.15, -0.1) is 0 Å². The van der Waals surface area contributed by atoms with Crippen LogP contribution < -0.4 is 10.9 Å². The first-order valence-electron chi connectivity index (χ1n) is 6.46. The Morgan fingerprint density at radius 1 is 1.22 bits per heavy atom. The predicted octanol–water partition coefficient (Wildman–Crippen LogP) is 0.527. The van der Waals surface area contributed by atoms with Gasteiger partial charge in [-0.25, -0.2) is 4.98 Å². The maximum atomic E-state index is 11.9. The van der Waals surface area contributed by atoms with E-state index in [0.717, 1.165) is 37.7 Å². The summed E-state index contributed by atoms with van der Waals surface area (Å²) in [5.41, 5.74) is 1.26. The molecule has 5 nitrogen and oxygen atoms in total. The summed E-state index contributed by atoms with van der Waals surface area (Å²) in [5, 5.41) is 3.34. The highest BCUT2D eigenvalue weighted by atomic mass is 16.1. The maximum absolute atomic E-state index is 11.9. The number of aryl methyl sites for hydroxylation is 1. The van der Waals surface area contributed by atoms with Gasteiger partial charge >= 0.3 is 0 Å². The van der Waals surface area contributed by atoms with Gasteiger partial charge in [0.25, 0.3) is 5.56 Å². The van der Waals surface area contributed by atoms with Gasteiger partial charge in [0.1, 0.15) is 5.82 Å². The first kappa shape index (κ1) is 13.2. The van der Waals surface area contributed by atoms with Crippen molar-refractivity contribution in [2.75, 3.05) is 26.2 Å². The van der Waals surface area contributed by atoms with Crippen LogP contribution in [0.5, 0.6) is 0 Å². The third-order valence-electron chi connectivity index (χ3n) is 3.88. The third-order valence-corrected chi connectivity index (χ3v) is 3.88. The monoisotopic (exact) mass is 250 g/mol. The first-order chi connectivity index (χ1) is 8.43. The van der Waals surface area contributed by atoms with Crippen molar-refractivity contribution < 1.29 is 0 Å². The summed E-state index contributed by atoms with van der Waals surface area (Å²) in [4.78, 5) is 21.7. The summed E-state index contributed by atoms with van der Waals surface area (Å²) in [6, 6.07) is 0. The summed E-state index contributed by atoms with van der Waals surface area (Å²) in [6.07, 6.45) is 0. The Kier molecular flexibility index (Phi) is 3.54. The molecule has 18 heavy (non-hydrogen) atoms. The fraction of sp³-hybridized carbons (Fsp3) is 0.692. The number of nitrogens with one attached hydrogen (secondary N) is 2. The molecule has 1 aromatic heterocycles. The van der Waals surface area contributed by atoms with E-state index in [1.165, 1.54) is 0 Å². The first-order valence-corrected chi connectivity index (χ1v) is 6.46. The van der Waals surface area contributed by atoms with E-state index in [2.05, 4.69) is 34.0 Å². The van der Waals surface area contributed by atoms with Crippen LogP contribution in [-0.4, -0.2) is 41.0 Å². The van der Waals surface area contributed by atoms with Crippen molar-refractivity contribution in [1.29, 1.82) is 0 Å². The summed E-state index contributed by atoms with van der Waals surface area (Å²) in [6.45, 7) is 11.9. The Morgan fingerprint density at radius 2 is 1.83 bits per heavy atom. The lowest BCUT2D eigenvalue weighted by atomic mass is 10.00. The van der Waals surface area contributed by atoms with Crippen molar-refractivity contribution in [3.05, 3.63) is 27.4 Å². The topological polar surface area (TPSA) is 61.0 Å². The molecular weight excluding hydrogens is 228 g/mol. The van der Waals surface area contributed by atoms with E-state index in [-0.39, 0.29) is 11.1 Å². The van der Waals surface area contributed by atoms with Crippen molar-refractivity contribution in [2.45, 2.75) is 33.2 Å². The number of nitrogens with zero attached hydrogens (tertiary/aromatic N) is 2. The molecule has 1 fully saturated rings. The van der Waals surface area contributed by atoms with Crippen molar-refractivity contribution in [3.63, 3.8) is 0 Å². The molecule has 0 aliphatic carbocycles. The Hall–Kier alpha value is -1.20. The highest BCUT2D eigenvalue weighted by Gasteiger charge is 2.32. The van der Waals surface area contributed by atoms with Crippen LogP contribution in [0, 0.1) is 13.8 Å². The van der Waals surface area contributed by atoms with Crippen molar-refractivity contribution in [3.8, 4) is 0 Å². The smallest absolute Gasteiger partial charge is 0.254 e. The van der Waals surface area contributed by atoms with Crippen LogP contribution in [0.1, 0.15) is 30.9 Å². The average molecular weight is 250 g/mol. The summed E-state index contributed by atoms with van der Waals surface area (Å²) < 4.78 is 0. The van der Waals surface area contributed by atoms with Gasteiger partial charge in [-0.1, -0.05) is 0 Å². The minimum Gasteiger partial charge on any atom is -0.314 e. The molecule has 2 N–H and O–H groups in total. The van der Waals surface area contributed by atoms with Crippen LogP contribution in [0.15, 0.2) is 4.79 Å². The molecule has 100 valence electrons. The second kappa shape index (κ2) is 4.82. The largest absolute Gasteiger partial charge is 0.314 e. The molecule has 0 aromatic carbocycles. The molecule has 0 saturated carbocycles. The Labute approximate surface area is 108 Å². The van der Waals surface area contributed by atoms with Crippen LogP contribution in [0.3, 0.4) is 0 Å². The van der Waals surface area contributed by atoms with Crippen molar-refractivity contribution in [1.82, 2.24) is 20.2 Å². The average Bonchev–Trinajstić information content (AvgIpc) is 2.36. The Balaban J connectivity index is 2.37. The molecule has 0 radical (unpaired) electrons. The molecule has 0 bridgehead atoms. The molecule has 2 heterocycles. The van der Waals surface area contributed by atoms with Gasteiger partial charge in [0.15, 0.2) is 0 Å². The van der Waals surface area contributed by atoms with E-state index in [1.54, 1.807) is 0 Å². The molecule has 1 aliphatic rings. The quantitative estimate of drug-likeness (QED) is 0.803. The lowest BCUT2D eigenvalue weighted by Crippen LogP contribution is -2.52. The van der Waals surface area contributed by atoms with E-state index < -0.39 is 0 Å². The zero-order valence-electron chi connectivity index (χ0n) is 11.6. The van der Waals surface area contributed by atoms with Gasteiger partial charge < -0.3 is 10.3 Å². The molecule has 5 heteroatoms. The fourth-order valence-electron chi connectivity index (χ4n) is 2.31. The zero-order chi connectivity index (χ0) is 13.3. The van der Waals surface area contributed by atoms with Crippen molar-refractivity contribution >= 4 is 0 Å². The lowest BCUT2D eigenvalue weighted by Gasteiger charge is -2.40. The molecule has 1 aromatic rings. The number of piperazine rings is 1. The standard InChI is InChI=1S/C13H22N4O/c1-9-10(2)15-12(16-11(9)18)13(3,4)17-7-5-14-6-8-17/h14H,5-8H2,1-4H3,(H,15,16,18). The van der Waals surface area contributed by atoms with Crippen LogP contribution in [-0.2, 0) is 5.54 Å². The van der Waals surface area contributed by atoms with Gasteiger partial charge in [-0.2, -0.15) is 0 Å². The number of hydrogen-bond donors (Lipinski definition) is 2. The fourth-order valence-corrected chi connectivity index (χ4v) is 2.31. The van der Waals surface area contributed by atoms with Gasteiger partial charge in [-0.05, 0) is 27.7 Å². The second-order valence-electron chi connectivity index (χ2n) is 5.42. The Bertz CT molecular complexity index is 486.